The van der Waals surface area contributed by atoms with E-state index in [1.807, 2.05) is 13.8 Å². The molecule has 0 saturated carbocycles. The maximum atomic E-state index is 12.2. The SMILES string of the molecule is CCCNC(=O)N(NC(=O)CCC)c1nc(C(=O)OCC)cs1. The molecule has 128 valence electrons. The van der Waals surface area contributed by atoms with Crippen molar-refractivity contribution >= 4 is 34.4 Å². The van der Waals surface area contributed by atoms with Crippen LogP contribution in [0.25, 0.3) is 0 Å². The summed E-state index contributed by atoms with van der Waals surface area (Å²) in [6, 6.07) is -0.499. The number of carbonyl (C=O) groups is 3. The van der Waals surface area contributed by atoms with E-state index in [9.17, 15) is 14.4 Å². The van der Waals surface area contributed by atoms with Crippen LogP contribution >= 0.6 is 11.3 Å². The van der Waals surface area contributed by atoms with Gasteiger partial charge < -0.3 is 10.1 Å². The lowest BCUT2D eigenvalue weighted by Crippen LogP contribution is -2.51. The molecule has 0 radical (unpaired) electrons. The Kier molecular flexibility index (Phi) is 8.03. The minimum Gasteiger partial charge on any atom is -0.461 e. The summed E-state index contributed by atoms with van der Waals surface area (Å²) in [5, 5.41) is 5.38. The number of anilines is 1. The zero-order valence-corrected chi connectivity index (χ0v) is 14.4. The number of carbonyl (C=O) groups excluding carboxylic acids is 3. The van der Waals surface area contributed by atoms with Crippen molar-refractivity contribution in [3.8, 4) is 0 Å². The number of hydrogen-bond acceptors (Lipinski definition) is 6. The van der Waals surface area contributed by atoms with E-state index in [-0.39, 0.29) is 29.8 Å². The smallest absolute Gasteiger partial charge is 0.357 e. The molecule has 2 N–H and O–H groups in total. The molecule has 1 aromatic rings. The number of urea groups is 1. The van der Waals surface area contributed by atoms with Crippen LogP contribution in [0.2, 0.25) is 0 Å². The molecule has 1 aromatic heterocycles. The molecule has 3 amide bonds. The Morgan fingerprint density at radius 1 is 1.26 bits per heavy atom. The number of esters is 1. The van der Waals surface area contributed by atoms with E-state index in [1.54, 1.807) is 6.92 Å². The van der Waals surface area contributed by atoms with Crippen molar-refractivity contribution in [1.29, 1.82) is 0 Å². The van der Waals surface area contributed by atoms with Gasteiger partial charge in [0.2, 0.25) is 11.0 Å². The first-order valence-corrected chi connectivity index (χ1v) is 8.41. The lowest BCUT2D eigenvalue weighted by molar-refractivity contribution is -0.121. The van der Waals surface area contributed by atoms with Crippen molar-refractivity contribution in [3.63, 3.8) is 0 Å². The topological polar surface area (TPSA) is 101 Å². The lowest BCUT2D eigenvalue weighted by atomic mass is 10.3. The predicted octanol–water partition coefficient (Wildman–Crippen LogP) is 2.08. The van der Waals surface area contributed by atoms with Crippen LogP contribution in [0.3, 0.4) is 0 Å². The average molecular weight is 342 g/mol. The summed E-state index contributed by atoms with van der Waals surface area (Å²) in [6.07, 6.45) is 1.70. The number of ether oxygens (including phenoxy) is 1. The fourth-order valence-corrected chi connectivity index (χ4v) is 2.32. The van der Waals surface area contributed by atoms with E-state index >= 15 is 0 Å². The van der Waals surface area contributed by atoms with Crippen molar-refractivity contribution in [1.82, 2.24) is 15.7 Å². The lowest BCUT2D eigenvalue weighted by Gasteiger charge is -2.20. The van der Waals surface area contributed by atoms with Gasteiger partial charge in [-0.05, 0) is 19.8 Å². The molecular weight excluding hydrogens is 320 g/mol. The maximum absolute atomic E-state index is 12.2. The largest absolute Gasteiger partial charge is 0.461 e. The van der Waals surface area contributed by atoms with Crippen molar-refractivity contribution in [2.24, 2.45) is 0 Å². The summed E-state index contributed by atoms with van der Waals surface area (Å²) in [7, 11) is 0. The number of nitrogens with one attached hydrogen (secondary N) is 2. The molecule has 1 heterocycles. The average Bonchev–Trinajstić information content (AvgIpc) is 3.00. The molecule has 23 heavy (non-hydrogen) atoms. The molecule has 1 rings (SSSR count). The second-order valence-electron chi connectivity index (χ2n) is 4.59. The highest BCUT2D eigenvalue weighted by Gasteiger charge is 2.23. The molecule has 0 saturated heterocycles. The predicted molar refractivity (Wildman–Crippen MR) is 87.3 cm³/mol. The summed E-state index contributed by atoms with van der Waals surface area (Å²) in [4.78, 5) is 39.7. The third-order valence-corrected chi connectivity index (χ3v) is 3.44. The normalized spacial score (nSPS) is 10.0. The number of amides is 3. The fraction of sp³-hybridized carbons (Fsp3) is 0.571. The Bertz CT molecular complexity index is 547. The number of hydrazine groups is 1. The molecule has 0 aliphatic carbocycles. The molecule has 0 spiro atoms. The van der Waals surface area contributed by atoms with Gasteiger partial charge in [0.1, 0.15) is 0 Å². The number of nitrogens with zero attached hydrogens (tertiary/aromatic N) is 2. The molecule has 9 heteroatoms. The highest BCUT2D eigenvalue weighted by atomic mass is 32.1. The first kappa shape index (κ1) is 18.9. The highest BCUT2D eigenvalue weighted by Crippen LogP contribution is 2.20. The molecule has 0 unspecified atom stereocenters. The Hall–Kier alpha value is -2.16. The Morgan fingerprint density at radius 3 is 2.61 bits per heavy atom. The summed E-state index contributed by atoms with van der Waals surface area (Å²) in [5.41, 5.74) is 2.61. The first-order valence-electron chi connectivity index (χ1n) is 7.53. The quantitative estimate of drug-likeness (QED) is 0.583. The zero-order valence-electron chi connectivity index (χ0n) is 13.5. The van der Waals surface area contributed by atoms with Crippen LogP contribution in [-0.4, -0.2) is 36.0 Å². The van der Waals surface area contributed by atoms with E-state index in [0.717, 1.165) is 22.8 Å². The van der Waals surface area contributed by atoms with Crippen LogP contribution in [0.5, 0.6) is 0 Å². The minimum atomic E-state index is -0.566. The van der Waals surface area contributed by atoms with Gasteiger partial charge in [0.05, 0.1) is 6.61 Å². The van der Waals surface area contributed by atoms with E-state index in [4.69, 9.17) is 4.74 Å². The van der Waals surface area contributed by atoms with Crippen LogP contribution in [0, 0.1) is 0 Å². The highest BCUT2D eigenvalue weighted by molar-refractivity contribution is 7.14. The van der Waals surface area contributed by atoms with Gasteiger partial charge in [-0.25, -0.2) is 14.6 Å². The standard InChI is InChI=1S/C14H22N4O4S/c1-4-7-11(19)17-18(13(21)15-8-5-2)14-16-10(9-23-14)12(20)22-6-3/h9H,4-8H2,1-3H3,(H,15,21)(H,17,19). The Balaban J connectivity index is 2.92. The van der Waals surface area contributed by atoms with Gasteiger partial charge in [0, 0.05) is 18.3 Å². The minimum absolute atomic E-state index is 0.102. The molecule has 8 nitrogen and oxygen atoms in total. The van der Waals surface area contributed by atoms with Gasteiger partial charge in [-0.1, -0.05) is 13.8 Å². The molecule has 0 aliphatic heterocycles. The van der Waals surface area contributed by atoms with Gasteiger partial charge in [0.15, 0.2) is 5.69 Å². The molecule has 0 aromatic carbocycles. The summed E-state index contributed by atoms with van der Waals surface area (Å²) in [5.74, 6) is -0.865. The van der Waals surface area contributed by atoms with Crippen LogP contribution < -0.4 is 15.8 Å². The number of thiazole rings is 1. The second-order valence-corrected chi connectivity index (χ2v) is 5.42. The van der Waals surface area contributed by atoms with Crippen LogP contribution in [-0.2, 0) is 9.53 Å². The number of aromatic nitrogens is 1. The third kappa shape index (κ3) is 5.85. The third-order valence-electron chi connectivity index (χ3n) is 2.61. The monoisotopic (exact) mass is 342 g/mol. The van der Waals surface area contributed by atoms with E-state index in [2.05, 4.69) is 15.7 Å². The van der Waals surface area contributed by atoms with Crippen LogP contribution in [0.1, 0.15) is 50.5 Å². The summed E-state index contributed by atoms with van der Waals surface area (Å²) in [6.45, 7) is 6.18. The van der Waals surface area contributed by atoms with Gasteiger partial charge in [-0.15, -0.1) is 11.3 Å². The molecule has 0 aliphatic rings. The van der Waals surface area contributed by atoms with Gasteiger partial charge >= 0.3 is 12.0 Å². The molecule has 0 atom stereocenters. The van der Waals surface area contributed by atoms with Crippen molar-refractivity contribution in [2.45, 2.75) is 40.0 Å². The van der Waals surface area contributed by atoms with Gasteiger partial charge in [-0.2, -0.15) is 5.01 Å². The number of rotatable bonds is 7. The number of hydrogen-bond donors (Lipinski definition) is 2. The van der Waals surface area contributed by atoms with Crippen molar-refractivity contribution in [3.05, 3.63) is 11.1 Å². The van der Waals surface area contributed by atoms with Crippen molar-refractivity contribution < 1.29 is 19.1 Å². The fourth-order valence-electron chi connectivity index (χ4n) is 1.57. The molecular formula is C14H22N4O4S. The summed E-state index contributed by atoms with van der Waals surface area (Å²) < 4.78 is 4.86. The van der Waals surface area contributed by atoms with Crippen LogP contribution in [0.15, 0.2) is 5.38 Å². The maximum Gasteiger partial charge on any atom is 0.357 e. The first-order chi connectivity index (χ1) is 11.0. The Labute approximate surface area is 139 Å². The van der Waals surface area contributed by atoms with Crippen molar-refractivity contribution in [2.75, 3.05) is 18.2 Å². The summed E-state index contributed by atoms with van der Waals surface area (Å²) >= 11 is 1.07. The van der Waals surface area contributed by atoms with Gasteiger partial charge in [0.25, 0.3) is 0 Å². The second kappa shape index (κ2) is 9.78. The van der Waals surface area contributed by atoms with E-state index in [1.165, 1.54) is 5.38 Å². The molecule has 0 bridgehead atoms. The molecule has 0 fully saturated rings. The van der Waals surface area contributed by atoms with E-state index in [0.29, 0.717) is 13.0 Å². The Morgan fingerprint density at radius 2 is 2.00 bits per heavy atom. The van der Waals surface area contributed by atoms with E-state index < -0.39 is 12.0 Å². The van der Waals surface area contributed by atoms with Crippen LogP contribution in [0.4, 0.5) is 9.93 Å². The zero-order chi connectivity index (χ0) is 17.2. The van der Waals surface area contributed by atoms with Gasteiger partial charge in [-0.3, -0.25) is 10.2 Å².